The first-order valence-corrected chi connectivity index (χ1v) is 11.1. The van der Waals surface area contributed by atoms with Crippen LogP contribution in [-0.2, 0) is 16.0 Å². The number of nitrogens with zero attached hydrogens (tertiary/aromatic N) is 3. The molecule has 6 nitrogen and oxygen atoms in total. The lowest BCUT2D eigenvalue weighted by molar-refractivity contribution is -0.131. The second-order valence-corrected chi connectivity index (χ2v) is 8.81. The number of hydrogen-bond acceptors (Lipinski definition) is 5. The minimum absolute atomic E-state index is 0.129. The van der Waals surface area contributed by atoms with E-state index in [0.717, 1.165) is 52.7 Å². The highest BCUT2D eigenvalue weighted by Gasteiger charge is 2.21. The van der Waals surface area contributed by atoms with Gasteiger partial charge in [0, 0.05) is 50.2 Å². The molecular weight excluding hydrogens is 420 g/mol. The maximum atomic E-state index is 12.7. The Hall–Kier alpha value is -2.64. The van der Waals surface area contributed by atoms with Gasteiger partial charge in [0.25, 0.3) is 0 Å². The van der Waals surface area contributed by atoms with Crippen molar-refractivity contribution in [2.75, 3.05) is 36.4 Å². The summed E-state index contributed by atoms with van der Waals surface area (Å²) in [5.74, 6) is 0.0603. The number of benzene rings is 2. The van der Waals surface area contributed by atoms with Gasteiger partial charge in [-0.15, -0.1) is 0 Å². The monoisotopic (exact) mass is 442 g/mol. The number of fused-ring (bicyclic) bond motifs is 1. The zero-order chi connectivity index (χ0) is 21.1. The summed E-state index contributed by atoms with van der Waals surface area (Å²) < 4.78 is 1.01. The summed E-state index contributed by atoms with van der Waals surface area (Å²) in [5, 5.41) is 4.06. The van der Waals surface area contributed by atoms with E-state index in [4.69, 9.17) is 11.6 Å². The van der Waals surface area contributed by atoms with Crippen molar-refractivity contribution < 1.29 is 9.59 Å². The molecule has 1 saturated heterocycles. The maximum Gasteiger partial charge on any atom is 0.223 e. The van der Waals surface area contributed by atoms with Crippen LogP contribution in [0.5, 0.6) is 0 Å². The minimum Gasteiger partial charge on any atom is -0.368 e. The van der Waals surface area contributed by atoms with Crippen molar-refractivity contribution in [1.29, 1.82) is 0 Å². The minimum atomic E-state index is -0.129. The molecule has 0 radical (unpaired) electrons. The first kappa shape index (κ1) is 20.6. The average molecular weight is 443 g/mol. The molecule has 1 fully saturated rings. The Kier molecular flexibility index (Phi) is 6.20. The molecule has 8 heteroatoms. The summed E-state index contributed by atoms with van der Waals surface area (Å²) in [7, 11) is 0. The molecule has 2 aromatic carbocycles. The smallest absolute Gasteiger partial charge is 0.223 e. The van der Waals surface area contributed by atoms with Gasteiger partial charge in [0.2, 0.25) is 11.8 Å². The lowest BCUT2D eigenvalue weighted by Gasteiger charge is -2.36. The number of rotatable bonds is 5. The van der Waals surface area contributed by atoms with E-state index in [1.807, 2.05) is 41.3 Å². The van der Waals surface area contributed by atoms with Crippen molar-refractivity contribution in [2.24, 2.45) is 0 Å². The van der Waals surface area contributed by atoms with Gasteiger partial charge in [0.1, 0.15) is 0 Å². The van der Waals surface area contributed by atoms with Crippen LogP contribution in [0.15, 0.2) is 42.5 Å². The number of piperazine rings is 1. The van der Waals surface area contributed by atoms with Crippen LogP contribution >= 0.6 is 22.9 Å². The molecule has 1 aromatic heterocycles. The Bertz CT molecular complexity index is 1060. The third kappa shape index (κ3) is 4.91. The van der Waals surface area contributed by atoms with Crippen molar-refractivity contribution in [3.8, 4) is 0 Å². The van der Waals surface area contributed by atoms with Gasteiger partial charge < -0.3 is 15.1 Å². The van der Waals surface area contributed by atoms with Gasteiger partial charge in [-0.1, -0.05) is 29.0 Å². The quantitative estimate of drug-likeness (QED) is 0.643. The molecule has 1 N–H and O–H groups in total. The fourth-order valence-electron chi connectivity index (χ4n) is 3.60. The third-order valence-electron chi connectivity index (χ3n) is 5.19. The molecule has 0 spiro atoms. The van der Waals surface area contributed by atoms with E-state index in [9.17, 15) is 9.59 Å². The molecule has 4 rings (SSSR count). The predicted octanol–water partition coefficient (Wildman–Crippen LogP) is 4.19. The summed E-state index contributed by atoms with van der Waals surface area (Å²) in [5.41, 5.74) is 3.11. The normalized spacial score (nSPS) is 14.2. The number of halogens is 1. The zero-order valence-corrected chi connectivity index (χ0v) is 18.3. The molecule has 1 aliphatic heterocycles. The number of nitrogens with one attached hydrogen (secondary N) is 1. The molecule has 0 atom stereocenters. The standard InChI is InChI=1S/C22H23ClN4O2S/c1-15(28)24-22-25-19-8-2-16(14-20(19)30-22)3-9-21(29)27-12-10-26(11-13-27)18-6-4-17(23)5-7-18/h2,4-8,14H,3,9-13H2,1H3,(H,24,25,28). The number of aromatic nitrogens is 1. The summed E-state index contributed by atoms with van der Waals surface area (Å²) in [6.45, 7) is 4.58. The fourth-order valence-corrected chi connectivity index (χ4v) is 4.71. The number of hydrogen-bond donors (Lipinski definition) is 1. The van der Waals surface area contributed by atoms with E-state index in [1.54, 1.807) is 0 Å². The molecule has 0 aliphatic carbocycles. The molecular formula is C22H23ClN4O2S. The highest BCUT2D eigenvalue weighted by molar-refractivity contribution is 7.22. The van der Waals surface area contributed by atoms with Gasteiger partial charge in [-0.3, -0.25) is 9.59 Å². The number of anilines is 2. The Balaban J connectivity index is 1.30. The van der Waals surface area contributed by atoms with E-state index in [-0.39, 0.29) is 11.8 Å². The lowest BCUT2D eigenvalue weighted by Crippen LogP contribution is -2.48. The van der Waals surface area contributed by atoms with Gasteiger partial charge in [-0.2, -0.15) is 0 Å². The number of thiazole rings is 1. The van der Waals surface area contributed by atoms with E-state index >= 15 is 0 Å². The van der Waals surface area contributed by atoms with Crippen LogP contribution in [0.1, 0.15) is 18.9 Å². The van der Waals surface area contributed by atoms with Crippen LogP contribution in [0.3, 0.4) is 0 Å². The van der Waals surface area contributed by atoms with Crippen molar-refractivity contribution in [3.63, 3.8) is 0 Å². The Morgan fingerprint density at radius 3 is 2.53 bits per heavy atom. The SMILES string of the molecule is CC(=O)Nc1nc2ccc(CCC(=O)N3CCN(c4ccc(Cl)cc4)CC3)cc2s1. The van der Waals surface area contributed by atoms with Crippen LogP contribution in [0, 0.1) is 0 Å². The van der Waals surface area contributed by atoms with Gasteiger partial charge in [0.05, 0.1) is 10.2 Å². The van der Waals surface area contributed by atoms with Crippen molar-refractivity contribution in [1.82, 2.24) is 9.88 Å². The topological polar surface area (TPSA) is 65.5 Å². The number of aryl methyl sites for hydroxylation is 1. The fraction of sp³-hybridized carbons (Fsp3) is 0.318. The molecule has 2 heterocycles. The molecule has 2 amide bonds. The Morgan fingerprint density at radius 2 is 1.83 bits per heavy atom. The summed E-state index contributed by atoms with van der Waals surface area (Å²) in [6.07, 6.45) is 1.18. The van der Waals surface area contributed by atoms with E-state index in [2.05, 4.69) is 21.3 Å². The zero-order valence-electron chi connectivity index (χ0n) is 16.7. The molecule has 0 bridgehead atoms. The first-order valence-electron chi connectivity index (χ1n) is 9.93. The maximum absolute atomic E-state index is 12.7. The molecule has 1 aliphatic rings. The van der Waals surface area contributed by atoms with Crippen LogP contribution in [0.25, 0.3) is 10.2 Å². The highest BCUT2D eigenvalue weighted by Crippen LogP contribution is 2.27. The first-order chi connectivity index (χ1) is 14.5. The van der Waals surface area contributed by atoms with Crippen LogP contribution in [0.2, 0.25) is 5.02 Å². The molecule has 0 saturated carbocycles. The second kappa shape index (κ2) is 9.02. The van der Waals surface area contributed by atoms with Gasteiger partial charge >= 0.3 is 0 Å². The van der Waals surface area contributed by atoms with Gasteiger partial charge in [-0.25, -0.2) is 4.98 Å². The second-order valence-electron chi connectivity index (χ2n) is 7.35. The van der Waals surface area contributed by atoms with Crippen molar-refractivity contribution in [3.05, 3.63) is 53.1 Å². The molecule has 0 unspecified atom stereocenters. The highest BCUT2D eigenvalue weighted by atomic mass is 35.5. The van der Waals surface area contributed by atoms with E-state index < -0.39 is 0 Å². The van der Waals surface area contributed by atoms with Crippen LogP contribution < -0.4 is 10.2 Å². The average Bonchev–Trinajstić information content (AvgIpc) is 3.13. The van der Waals surface area contributed by atoms with Crippen LogP contribution in [0.4, 0.5) is 10.8 Å². The molecule has 3 aromatic rings. The molecule has 30 heavy (non-hydrogen) atoms. The summed E-state index contributed by atoms with van der Waals surface area (Å²) in [4.78, 5) is 32.5. The number of amides is 2. The van der Waals surface area contributed by atoms with Crippen molar-refractivity contribution >= 4 is 55.8 Å². The van der Waals surface area contributed by atoms with Crippen LogP contribution in [-0.4, -0.2) is 47.9 Å². The lowest BCUT2D eigenvalue weighted by atomic mass is 10.1. The number of carbonyl (C=O) groups is 2. The Morgan fingerprint density at radius 1 is 1.10 bits per heavy atom. The van der Waals surface area contributed by atoms with Crippen molar-refractivity contribution in [2.45, 2.75) is 19.8 Å². The van der Waals surface area contributed by atoms with E-state index in [1.165, 1.54) is 18.3 Å². The predicted molar refractivity (Wildman–Crippen MR) is 122 cm³/mol. The van der Waals surface area contributed by atoms with Gasteiger partial charge in [0.15, 0.2) is 5.13 Å². The summed E-state index contributed by atoms with van der Waals surface area (Å²) in [6, 6.07) is 13.8. The van der Waals surface area contributed by atoms with E-state index in [0.29, 0.717) is 18.0 Å². The third-order valence-corrected chi connectivity index (χ3v) is 6.37. The largest absolute Gasteiger partial charge is 0.368 e. The Labute approximate surface area is 184 Å². The molecule has 156 valence electrons. The summed E-state index contributed by atoms with van der Waals surface area (Å²) >= 11 is 7.41. The van der Waals surface area contributed by atoms with Gasteiger partial charge in [-0.05, 0) is 48.4 Å². The number of carbonyl (C=O) groups excluding carboxylic acids is 2.